The molecule has 0 radical (unpaired) electrons. The molecule has 0 N–H and O–H groups in total. The minimum absolute atomic E-state index is 0. The van der Waals surface area contributed by atoms with Gasteiger partial charge in [-0.3, -0.25) is 0 Å². The van der Waals surface area contributed by atoms with Crippen LogP contribution >= 0.6 is 0 Å². The third-order valence-corrected chi connectivity index (χ3v) is 1.39. The number of carbonyl (C=O) groups excluding carboxylic acids is 1. The van der Waals surface area contributed by atoms with Crippen molar-refractivity contribution in [3.05, 3.63) is 35.9 Å². The Morgan fingerprint density at radius 2 is 1.91 bits per heavy atom. The third-order valence-electron chi connectivity index (χ3n) is 1.39. The molecule has 1 aromatic rings. The summed E-state index contributed by atoms with van der Waals surface area (Å²) in [5.74, 6) is 0. The Kier molecular flexibility index (Phi) is 7.53. The van der Waals surface area contributed by atoms with Crippen molar-refractivity contribution in [3.8, 4) is 0 Å². The zero-order valence-electron chi connectivity index (χ0n) is 7.79. The average Bonchev–Trinajstić information content (AvgIpc) is 2.03. The number of benzene rings is 1. The summed E-state index contributed by atoms with van der Waals surface area (Å²) in [5, 5.41) is 0. The summed E-state index contributed by atoms with van der Waals surface area (Å²) >= 11 is 0. The molecule has 1 nitrogen and oxygen atoms in total. The molecule has 2 heteroatoms. The van der Waals surface area contributed by atoms with E-state index in [-0.39, 0.29) is 52.8 Å². The monoisotopic (exact) mass is 174 g/mol. The molecule has 0 aliphatic rings. The predicted octanol–water partition coefficient (Wildman–Crippen LogP) is -1.07. The second-order valence-corrected chi connectivity index (χ2v) is 2.19. The van der Waals surface area contributed by atoms with Gasteiger partial charge in [0.15, 0.2) is 0 Å². The molecule has 0 fully saturated rings. The molecule has 0 heterocycles. The van der Waals surface area contributed by atoms with Gasteiger partial charge >= 0.3 is 51.4 Å². The fourth-order valence-corrected chi connectivity index (χ4v) is 0.870. The van der Waals surface area contributed by atoms with E-state index in [1.54, 1.807) is 0 Å². The number of aldehydes is 1. The van der Waals surface area contributed by atoms with E-state index in [1.165, 1.54) is 5.56 Å². The van der Waals surface area contributed by atoms with Crippen LogP contribution in [0.1, 0.15) is 13.4 Å². The first kappa shape index (κ1) is 11.5. The van der Waals surface area contributed by atoms with Crippen LogP contribution in [0.25, 0.3) is 0 Å². The van der Waals surface area contributed by atoms with E-state index >= 15 is 0 Å². The van der Waals surface area contributed by atoms with Gasteiger partial charge < -0.3 is 6.22 Å². The van der Waals surface area contributed by atoms with E-state index in [9.17, 15) is 4.79 Å². The summed E-state index contributed by atoms with van der Waals surface area (Å²) in [5.41, 5.74) is 1.23. The number of hydrogen-bond donors (Lipinski definition) is 0. The molecule has 0 amide bonds. The number of aryl methyl sites for hydroxylation is 1. The number of carbonyl (C=O) groups is 1. The van der Waals surface area contributed by atoms with E-state index in [2.05, 4.69) is 0 Å². The Hall–Kier alpha value is 0.526. The standard InChI is InChI=1S/C9H10O.K.H/c10-8-4-7-9-5-2-1-3-6-9;;/h1-3,5-6,8H,4,7H2;;/q;+1;-1. The van der Waals surface area contributed by atoms with Crippen LogP contribution in [0.2, 0.25) is 0 Å². The van der Waals surface area contributed by atoms with Crippen molar-refractivity contribution in [2.24, 2.45) is 0 Å². The van der Waals surface area contributed by atoms with E-state index in [0.29, 0.717) is 6.42 Å². The van der Waals surface area contributed by atoms with Crippen LogP contribution in [0.4, 0.5) is 0 Å². The van der Waals surface area contributed by atoms with Crippen molar-refractivity contribution in [1.29, 1.82) is 0 Å². The molecule has 0 aliphatic carbocycles. The van der Waals surface area contributed by atoms with Crippen LogP contribution in [0.15, 0.2) is 30.3 Å². The first-order chi connectivity index (χ1) is 4.93. The molecule has 0 saturated heterocycles. The zero-order valence-corrected chi connectivity index (χ0v) is 9.91. The molecular formula is C9H11KO. The quantitative estimate of drug-likeness (QED) is 0.421. The van der Waals surface area contributed by atoms with Crippen molar-refractivity contribution in [2.45, 2.75) is 12.8 Å². The summed E-state index contributed by atoms with van der Waals surface area (Å²) in [6.07, 6.45) is 2.45. The Labute approximate surface area is 111 Å². The average molecular weight is 174 g/mol. The van der Waals surface area contributed by atoms with Crippen LogP contribution in [-0.4, -0.2) is 6.29 Å². The summed E-state index contributed by atoms with van der Waals surface area (Å²) in [4.78, 5) is 9.98. The van der Waals surface area contributed by atoms with Crippen LogP contribution < -0.4 is 51.4 Å². The van der Waals surface area contributed by atoms with Gasteiger partial charge in [-0.1, -0.05) is 30.3 Å². The van der Waals surface area contributed by atoms with Crippen LogP contribution in [-0.2, 0) is 11.2 Å². The van der Waals surface area contributed by atoms with Gasteiger partial charge in [0.2, 0.25) is 0 Å². The first-order valence-corrected chi connectivity index (χ1v) is 3.41. The van der Waals surface area contributed by atoms with Gasteiger partial charge in [0.25, 0.3) is 0 Å². The number of rotatable bonds is 3. The van der Waals surface area contributed by atoms with Crippen molar-refractivity contribution in [2.75, 3.05) is 0 Å². The Balaban J connectivity index is 0. The van der Waals surface area contributed by atoms with Crippen LogP contribution in [0.3, 0.4) is 0 Å². The normalized spacial score (nSPS) is 8.36. The molecule has 0 bridgehead atoms. The molecule has 1 rings (SSSR count). The van der Waals surface area contributed by atoms with Gasteiger partial charge in [-0.05, 0) is 12.0 Å². The van der Waals surface area contributed by atoms with Crippen LogP contribution in [0.5, 0.6) is 0 Å². The van der Waals surface area contributed by atoms with E-state index in [0.717, 1.165) is 12.7 Å². The maximum absolute atomic E-state index is 9.98. The maximum Gasteiger partial charge on any atom is 1.00 e. The summed E-state index contributed by atoms with van der Waals surface area (Å²) < 4.78 is 0. The topological polar surface area (TPSA) is 17.1 Å². The van der Waals surface area contributed by atoms with E-state index in [4.69, 9.17) is 0 Å². The van der Waals surface area contributed by atoms with Crippen molar-refractivity contribution >= 4 is 6.29 Å². The maximum atomic E-state index is 9.98. The minimum Gasteiger partial charge on any atom is -1.00 e. The molecule has 0 spiro atoms. The van der Waals surface area contributed by atoms with Gasteiger partial charge in [0, 0.05) is 6.42 Å². The molecule has 0 aromatic heterocycles. The second-order valence-electron chi connectivity index (χ2n) is 2.19. The largest absolute Gasteiger partial charge is 1.00 e. The zero-order chi connectivity index (χ0) is 7.23. The second kappa shape index (κ2) is 7.19. The van der Waals surface area contributed by atoms with Gasteiger partial charge in [-0.25, -0.2) is 0 Å². The van der Waals surface area contributed by atoms with Crippen molar-refractivity contribution in [1.82, 2.24) is 0 Å². The molecule has 11 heavy (non-hydrogen) atoms. The number of hydrogen-bond acceptors (Lipinski definition) is 1. The Morgan fingerprint density at radius 1 is 1.27 bits per heavy atom. The van der Waals surface area contributed by atoms with Crippen LogP contribution in [0, 0.1) is 0 Å². The molecule has 54 valence electrons. The van der Waals surface area contributed by atoms with E-state index < -0.39 is 0 Å². The molecular weight excluding hydrogens is 163 g/mol. The molecule has 0 unspecified atom stereocenters. The van der Waals surface area contributed by atoms with Crippen molar-refractivity contribution in [3.63, 3.8) is 0 Å². The summed E-state index contributed by atoms with van der Waals surface area (Å²) in [6, 6.07) is 10.0. The molecule has 0 atom stereocenters. The minimum atomic E-state index is 0. The fourth-order valence-electron chi connectivity index (χ4n) is 0.870. The third kappa shape index (κ3) is 4.88. The first-order valence-electron chi connectivity index (χ1n) is 3.41. The van der Waals surface area contributed by atoms with Crippen molar-refractivity contribution < 1.29 is 57.6 Å². The molecule has 0 aliphatic heterocycles. The van der Waals surface area contributed by atoms with Gasteiger partial charge in [-0.2, -0.15) is 0 Å². The Bertz CT molecular complexity index is 201. The van der Waals surface area contributed by atoms with Gasteiger partial charge in [0.05, 0.1) is 0 Å². The molecule has 0 saturated carbocycles. The van der Waals surface area contributed by atoms with Gasteiger partial charge in [-0.15, -0.1) is 0 Å². The van der Waals surface area contributed by atoms with E-state index in [1.807, 2.05) is 30.3 Å². The molecule has 1 aromatic carbocycles. The van der Waals surface area contributed by atoms with Gasteiger partial charge in [0.1, 0.15) is 6.29 Å². The smallest absolute Gasteiger partial charge is 1.00 e. The fraction of sp³-hybridized carbons (Fsp3) is 0.222. The SMILES string of the molecule is O=CCCc1ccccc1.[H-].[K+]. The summed E-state index contributed by atoms with van der Waals surface area (Å²) in [7, 11) is 0. The Morgan fingerprint density at radius 3 is 2.45 bits per heavy atom. The predicted molar refractivity (Wildman–Crippen MR) is 41.9 cm³/mol. The summed E-state index contributed by atoms with van der Waals surface area (Å²) in [6.45, 7) is 0.